The predicted molar refractivity (Wildman–Crippen MR) is 109 cm³/mol. The van der Waals surface area contributed by atoms with E-state index in [9.17, 15) is 0 Å². The van der Waals surface area contributed by atoms with Crippen LogP contribution in [0.3, 0.4) is 0 Å². The first kappa shape index (κ1) is 19.2. The first-order chi connectivity index (χ1) is 13.3. The smallest absolute Gasteiger partial charge is 0.258 e. The molecule has 27 heavy (non-hydrogen) atoms. The zero-order chi connectivity index (χ0) is 18.9. The molecule has 0 saturated heterocycles. The molecule has 0 fully saturated rings. The molecule has 2 aromatic carbocycles. The minimum atomic E-state index is 0.542. The molecule has 0 N–H and O–H groups in total. The molecule has 0 aliphatic rings. The Balaban J connectivity index is 1.56. The lowest BCUT2D eigenvalue weighted by molar-refractivity contribution is 0.304. The van der Waals surface area contributed by atoms with Crippen LogP contribution >= 0.6 is 0 Å². The van der Waals surface area contributed by atoms with E-state index in [0.717, 1.165) is 36.3 Å². The number of nitrogens with zero attached hydrogens (tertiary/aromatic N) is 2. The van der Waals surface area contributed by atoms with Crippen molar-refractivity contribution >= 4 is 0 Å². The van der Waals surface area contributed by atoms with Crippen LogP contribution < -0.4 is 4.74 Å². The molecule has 4 heteroatoms. The van der Waals surface area contributed by atoms with Gasteiger partial charge in [-0.05, 0) is 54.8 Å². The number of ether oxygens (including phenoxy) is 1. The molecule has 1 heterocycles. The molecule has 0 amide bonds. The molecule has 142 valence electrons. The average Bonchev–Trinajstić information content (AvgIpc) is 3.21. The molecule has 1 aromatic heterocycles. The van der Waals surface area contributed by atoms with Gasteiger partial charge in [0.1, 0.15) is 5.75 Å². The van der Waals surface area contributed by atoms with Gasteiger partial charge in [0.15, 0.2) is 0 Å². The number of aryl methyl sites for hydroxylation is 1. The summed E-state index contributed by atoms with van der Waals surface area (Å²) in [6.07, 6.45) is 7.22. The molecule has 0 aliphatic heterocycles. The summed E-state index contributed by atoms with van der Waals surface area (Å²) < 4.78 is 11.2. The Morgan fingerprint density at radius 3 is 2.22 bits per heavy atom. The van der Waals surface area contributed by atoms with Crippen molar-refractivity contribution in [3.63, 3.8) is 0 Å². The molecular weight excluding hydrogens is 336 g/mol. The van der Waals surface area contributed by atoms with Gasteiger partial charge in [-0.2, -0.15) is 4.98 Å². The van der Waals surface area contributed by atoms with Crippen molar-refractivity contribution < 1.29 is 9.26 Å². The number of rotatable bonds is 10. The third-order valence-electron chi connectivity index (χ3n) is 4.66. The van der Waals surface area contributed by atoms with Gasteiger partial charge in [0.2, 0.25) is 5.82 Å². The van der Waals surface area contributed by atoms with Gasteiger partial charge in [-0.1, -0.05) is 56.8 Å². The number of hydrogen-bond acceptors (Lipinski definition) is 4. The van der Waals surface area contributed by atoms with Crippen LogP contribution in [0.1, 0.15) is 51.5 Å². The summed E-state index contributed by atoms with van der Waals surface area (Å²) in [4.78, 5) is 4.52. The Kier molecular flexibility index (Phi) is 7.03. The van der Waals surface area contributed by atoms with Gasteiger partial charge in [-0.3, -0.25) is 0 Å². The molecule has 0 radical (unpaired) electrons. The Morgan fingerprint density at radius 2 is 1.52 bits per heavy atom. The van der Waals surface area contributed by atoms with Crippen LogP contribution in [-0.2, 0) is 6.42 Å². The lowest BCUT2D eigenvalue weighted by Gasteiger charge is -2.06. The highest BCUT2D eigenvalue weighted by molar-refractivity contribution is 5.60. The average molecular weight is 364 g/mol. The third kappa shape index (κ3) is 5.43. The Bertz CT molecular complexity index is 807. The standard InChI is InChI=1S/C23H28N2O2/c1-3-5-6-7-8-17-26-21-15-13-19(14-16-21)22-24-23(27-25-22)20-11-9-18(4-2)10-12-20/h9-16H,3-8,17H2,1-2H3. The molecule has 0 atom stereocenters. The molecule has 3 aromatic rings. The van der Waals surface area contributed by atoms with Gasteiger partial charge in [0.05, 0.1) is 6.61 Å². The maximum absolute atomic E-state index is 5.81. The molecule has 0 bridgehead atoms. The highest BCUT2D eigenvalue weighted by Gasteiger charge is 2.10. The van der Waals surface area contributed by atoms with Crippen molar-refractivity contribution in [1.82, 2.24) is 10.1 Å². The maximum Gasteiger partial charge on any atom is 0.258 e. The summed E-state index contributed by atoms with van der Waals surface area (Å²) in [6.45, 7) is 5.13. The lowest BCUT2D eigenvalue weighted by atomic mass is 10.1. The number of hydrogen-bond donors (Lipinski definition) is 0. The topological polar surface area (TPSA) is 48.2 Å². The van der Waals surface area contributed by atoms with Crippen molar-refractivity contribution in [2.24, 2.45) is 0 Å². The van der Waals surface area contributed by atoms with Crippen molar-refractivity contribution in [3.8, 4) is 28.6 Å². The Labute approximate surface area is 161 Å². The van der Waals surface area contributed by atoms with Gasteiger partial charge in [-0.15, -0.1) is 0 Å². The van der Waals surface area contributed by atoms with Gasteiger partial charge >= 0.3 is 0 Å². The van der Waals surface area contributed by atoms with Crippen LogP contribution in [0.15, 0.2) is 53.1 Å². The predicted octanol–water partition coefficient (Wildman–Crippen LogP) is 6.32. The minimum absolute atomic E-state index is 0.542. The van der Waals surface area contributed by atoms with E-state index in [-0.39, 0.29) is 0 Å². The summed E-state index contributed by atoms with van der Waals surface area (Å²) in [5.41, 5.74) is 3.15. The second-order valence-corrected chi connectivity index (χ2v) is 6.76. The Hall–Kier alpha value is -2.62. The second-order valence-electron chi connectivity index (χ2n) is 6.76. The quantitative estimate of drug-likeness (QED) is 0.395. The van der Waals surface area contributed by atoms with Crippen molar-refractivity contribution in [2.75, 3.05) is 6.61 Å². The molecule has 0 saturated carbocycles. The minimum Gasteiger partial charge on any atom is -0.494 e. The van der Waals surface area contributed by atoms with Crippen molar-refractivity contribution in [3.05, 3.63) is 54.1 Å². The van der Waals surface area contributed by atoms with Crippen LogP contribution in [0.5, 0.6) is 5.75 Å². The largest absolute Gasteiger partial charge is 0.494 e. The third-order valence-corrected chi connectivity index (χ3v) is 4.66. The summed E-state index contributed by atoms with van der Waals surface area (Å²) in [6, 6.07) is 16.1. The Morgan fingerprint density at radius 1 is 0.815 bits per heavy atom. The summed E-state index contributed by atoms with van der Waals surface area (Å²) >= 11 is 0. The summed E-state index contributed by atoms with van der Waals surface area (Å²) in [5.74, 6) is 2.02. The first-order valence-corrected chi connectivity index (χ1v) is 9.96. The first-order valence-electron chi connectivity index (χ1n) is 9.96. The molecule has 0 spiro atoms. The fourth-order valence-corrected chi connectivity index (χ4v) is 2.94. The van der Waals surface area contributed by atoms with Gasteiger partial charge in [0.25, 0.3) is 5.89 Å². The van der Waals surface area contributed by atoms with E-state index >= 15 is 0 Å². The maximum atomic E-state index is 5.81. The van der Waals surface area contributed by atoms with Crippen molar-refractivity contribution in [1.29, 1.82) is 0 Å². The molecule has 4 nitrogen and oxygen atoms in total. The van der Waals surface area contributed by atoms with Crippen LogP contribution in [0.4, 0.5) is 0 Å². The zero-order valence-corrected chi connectivity index (χ0v) is 16.3. The second kappa shape index (κ2) is 9.91. The fourth-order valence-electron chi connectivity index (χ4n) is 2.94. The monoisotopic (exact) mass is 364 g/mol. The molecule has 3 rings (SSSR count). The molecule has 0 unspecified atom stereocenters. The van der Waals surface area contributed by atoms with Crippen LogP contribution in [-0.4, -0.2) is 16.7 Å². The van der Waals surface area contributed by atoms with E-state index in [4.69, 9.17) is 9.26 Å². The van der Waals surface area contributed by atoms with Gasteiger partial charge in [0, 0.05) is 11.1 Å². The molecule has 0 aliphatic carbocycles. The van der Waals surface area contributed by atoms with Crippen LogP contribution in [0.25, 0.3) is 22.8 Å². The van der Waals surface area contributed by atoms with Gasteiger partial charge in [-0.25, -0.2) is 0 Å². The summed E-state index contributed by atoms with van der Waals surface area (Å²) in [7, 11) is 0. The zero-order valence-electron chi connectivity index (χ0n) is 16.3. The normalized spacial score (nSPS) is 10.9. The van der Waals surface area contributed by atoms with Gasteiger partial charge < -0.3 is 9.26 Å². The highest BCUT2D eigenvalue weighted by atomic mass is 16.5. The van der Waals surface area contributed by atoms with E-state index in [2.05, 4.69) is 36.1 Å². The molecular formula is C23H28N2O2. The van der Waals surface area contributed by atoms with Crippen LogP contribution in [0.2, 0.25) is 0 Å². The number of aromatic nitrogens is 2. The van der Waals surface area contributed by atoms with E-state index in [1.54, 1.807) is 0 Å². The van der Waals surface area contributed by atoms with E-state index < -0.39 is 0 Å². The van der Waals surface area contributed by atoms with Crippen LogP contribution in [0, 0.1) is 0 Å². The highest BCUT2D eigenvalue weighted by Crippen LogP contribution is 2.24. The number of benzene rings is 2. The van der Waals surface area contributed by atoms with E-state index in [1.165, 1.54) is 31.2 Å². The fraction of sp³-hybridized carbons (Fsp3) is 0.391. The summed E-state index contributed by atoms with van der Waals surface area (Å²) in [5, 5.41) is 4.11. The van der Waals surface area contributed by atoms with Crippen molar-refractivity contribution in [2.45, 2.75) is 52.4 Å². The lowest BCUT2D eigenvalue weighted by Crippen LogP contribution is -1.97. The SMILES string of the molecule is CCCCCCCOc1ccc(-c2noc(-c3ccc(CC)cc3)n2)cc1. The number of unbranched alkanes of at least 4 members (excludes halogenated alkanes) is 4. The van der Waals surface area contributed by atoms with E-state index in [1.807, 2.05) is 36.4 Å². The van der Waals surface area contributed by atoms with E-state index in [0.29, 0.717) is 11.7 Å².